The number of carbonyl (C=O) groups is 1. The van der Waals surface area contributed by atoms with Crippen LogP contribution in [-0.4, -0.2) is 22.2 Å². The Morgan fingerprint density at radius 1 is 1.33 bits per heavy atom. The zero-order chi connectivity index (χ0) is 15.5. The molecule has 0 spiro atoms. The lowest BCUT2D eigenvalue weighted by Crippen LogP contribution is -2.29. The summed E-state index contributed by atoms with van der Waals surface area (Å²) in [7, 11) is 0. The van der Waals surface area contributed by atoms with E-state index in [4.69, 9.17) is 5.73 Å². The quantitative estimate of drug-likeness (QED) is 0.905. The van der Waals surface area contributed by atoms with E-state index < -0.39 is 23.2 Å². The lowest BCUT2D eigenvalue weighted by Gasteiger charge is -2.12. The van der Waals surface area contributed by atoms with Gasteiger partial charge in [-0.25, -0.2) is 0 Å². The highest BCUT2D eigenvalue weighted by atomic mass is 19.4. The summed E-state index contributed by atoms with van der Waals surface area (Å²) >= 11 is 0. The smallest absolute Gasteiger partial charge is 0.396 e. The Morgan fingerprint density at radius 2 is 2.05 bits per heavy atom. The molecule has 0 fully saturated rings. The van der Waals surface area contributed by atoms with E-state index in [1.165, 1.54) is 23.0 Å². The van der Waals surface area contributed by atoms with Gasteiger partial charge in [0, 0.05) is 12.7 Å². The second kappa shape index (κ2) is 5.86. The van der Waals surface area contributed by atoms with Crippen molar-refractivity contribution in [2.75, 3.05) is 12.3 Å². The number of benzene rings is 1. The Hall–Kier alpha value is -2.51. The molecule has 8 heteroatoms. The van der Waals surface area contributed by atoms with E-state index in [1.54, 1.807) is 6.20 Å². The zero-order valence-corrected chi connectivity index (χ0v) is 10.9. The molecule has 1 aromatic carbocycles. The SMILES string of the molecule is Nc1cnn(CCNC(=O)c2ccccc2C(F)(F)F)c1. The van der Waals surface area contributed by atoms with Crippen molar-refractivity contribution in [1.82, 2.24) is 15.1 Å². The van der Waals surface area contributed by atoms with Crippen molar-refractivity contribution in [3.63, 3.8) is 0 Å². The molecule has 0 radical (unpaired) electrons. The van der Waals surface area contributed by atoms with E-state index in [0.29, 0.717) is 12.2 Å². The predicted molar refractivity (Wildman–Crippen MR) is 70.4 cm³/mol. The maximum absolute atomic E-state index is 12.8. The fourth-order valence-electron chi connectivity index (χ4n) is 1.81. The molecule has 0 aliphatic heterocycles. The number of nitrogens with zero attached hydrogens (tertiary/aromatic N) is 2. The van der Waals surface area contributed by atoms with E-state index in [0.717, 1.165) is 12.1 Å². The molecule has 2 aromatic rings. The molecule has 112 valence electrons. The van der Waals surface area contributed by atoms with Gasteiger partial charge in [-0.15, -0.1) is 0 Å². The number of hydrogen-bond donors (Lipinski definition) is 2. The fraction of sp³-hybridized carbons (Fsp3) is 0.231. The minimum atomic E-state index is -4.57. The molecular weight excluding hydrogens is 285 g/mol. The van der Waals surface area contributed by atoms with Crippen LogP contribution in [0.4, 0.5) is 18.9 Å². The van der Waals surface area contributed by atoms with Gasteiger partial charge in [0.25, 0.3) is 5.91 Å². The highest BCUT2D eigenvalue weighted by molar-refractivity contribution is 5.95. The van der Waals surface area contributed by atoms with Crippen LogP contribution in [0.2, 0.25) is 0 Å². The summed E-state index contributed by atoms with van der Waals surface area (Å²) in [5, 5.41) is 6.33. The minimum absolute atomic E-state index is 0.145. The molecule has 2 rings (SSSR count). The maximum Gasteiger partial charge on any atom is 0.417 e. The van der Waals surface area contributed by atoms with Gasteiger partial charge in [-0.1, -0.05) is 12.1 Å². The van der Waals surface area contributed by atoms with E-state index >= 15 is 0 Å². The van der Waals surface area contributed by atoms with Crippen molar-refractivity contribution >= 4 is 11.6 Å². The largest absolute Gasteiger partial charge is 0.417 e. The second-order valence-corrected chi connectivity index (χ2v) is 4.34. The lowest BCUT2D eigenvalue weighted by molar-refractivity contribution is -0.137. The van der Waals surface area contributed by atoms with Gasteiger partial charge in [-0.3, -0.25) is 9.48 Å². The summed E-state index contributed by atoms with van der Waals surface area (Å²) in [4.78, 5) is 11.8. The number of nitrogens with two attached hydrogens (primary N) is 1. The molecule has 0 saturated heterocycles. The van der Waals surface area contributed by atoms with Gasteiger partial charge < -0.3 is 11.1 Å². The summed E-state index contributed by atoms with van der Waals surface area (Å²) in [5.74, 6) is -0.775. The highest BCUT2D eigenvalue weighted by Crippen LogP contribution is 2.31. The molecule has 5 nitrogen and oxygen atoms in total. The van der Waals surface area contributed by atoms with Crippen LogP contribution in [0.1, 0.15) is 15.9 Å². The van der Waals surface area contributed by atoms with Crippen molar-refractivity contribution in [1.29, 1.82) is 0 Å². The molecule has 1 aromatic heterocycles. The van der Waals surface area contributed by atoms with Crippen LogP contribution in [-0.2, 0) is 12.7 Å². The molecule has 0 atom stereocenters. The van der Waals surface area contributed by atoms with Crippen LogP contribution in [0.15, 0.2) is 36.7 Å². The number of rotatable bonds is 4. The van der Waals surface area contributed by atoms with Gasteiger partial charge in [0.1, 0.15) is 0 Å². The number of halogens is 3. The minimum Gasteiger partial charge on any atom is -0.396 e. The number of anilines is 1. The molecule has 0 bridgehead atoms. The number of amides is 1. The Kier molecular flexibility index (Phi) is 4.15. The first kappa shape index (κ1) is 14.9. The Balaban J connectivity index is 2.01. The molecule has 0 unspecified atom stereocenters. The first-order chi connectivity index (χ1) is 9.88. The number of aromatic nitrogens is 2. The molecule has 1 heterocycles. The summed E-state index contributed by atoms with van der Waals surface area (Å²) in [6.45, 7) is 0.462. The number of nitrogen functional groups attached to an aromatic ring is 1. The van der Waals surface area contributed by atoms with Gasteiger partial charge in [0.2, 0.25) is 0 Å². The van der Waals surface area contributed by atoms with Crippen molar-refractivity contribution < 1.29 is 18.0 Å². The Labute approximate surface area is 118 Å². The normalized spacial score (nSPS) is 11.4. The van der Waals surface area contributed by atoms with E-state index in [1.807, 2.05) is 0 Å². The van der Waals surface area contributed by atoms with E-state index in [2.05, 4.69) is 10.4 Å². The van der Waals surface area contributed by atoms with Crippen LogP contribution in [0.5, 0.6) is 0 Å². The monoisotopic (exact) mass is 298 g/mol. The topological polar surface area (TPSA) is 72.9 Å². The zero-order valence-electron chi connectivity index (χ0n) is 10.9. The van der Waals surface area contributed by atoms with Crippen molar-refractivity contribution in [3.8, 4) is 0 Å². The summed E-state index contributed by atoms with van der Waals surface area (Å²) in [5.41, 5.74) is 4.60. The van der Waals surface area contributed by atoms with Gasteiger partial charge in [0.05, 0.1) is 29.6 Å². The molecule has 0 aliphatic rings. The number of nitrogens with one attached hydrogen (secondary N) is 1. The Bertz CT molecular complexity index is 636. The van der Waals surface area contributed by atoms with Crippen molar-refractivity contribution in [2.45, 2.75) is 12.7 Å². The van der Waals surface area contributed by atoms with Crippen LogP contribution >= 0.6 is 0 Å². The van der Waals surface area contributed by atoms with Crippen LogP contribution < -0.4 is 11.1 Å². The third-order valence-corrected chi connectivity index (χ3v) is 2.76. The summed E-state index contributed by atoms with van der Waals surface area (Å²) in [6.07, 6.45) is -1.55. The summed E-state index contributed by atoms with van der Waals surface area (Å²) in [6, 6.07) is 4.65. The molecule has 0 saturated carbocycles. The number of hydrogen-bond acceptors (Lipinski definition) is 3. The highest BCUT2D eigenvalue weighted by Gasteiger charge is 2.34. The van der Waals surface area contributed by atoms with Crippen molar-refractivity contribution in [2.24, 2.45) is 0 Å². The number of carbonyl (C=O) groups excluding carboxylic acids is 1. The van der Waals surface area contributed by atoms with Gasteiger partial charge in [-0.2, -0.15) is 18.3 Å². The number of alkyl halides is 3. The van der Waals surface area contributed by atoms with Crippen molar-refractivity contribution in [3.05, 3.63) is 47.8 Å². The standard InChI is InChI=1S/C13H13F3N4O/c14-13(15,16)11-4-2-1-3-10(11)12(21)18-5-6-20-8-9(17)7-19-20/h1-4,7-8H,5-6,17H2,(H,18,21). The van der Waals surface area contributed by atoms with Crippen LogP contribution in [0.3, 0.4) is 0 Å². The first-order valence-corrected chi connectivity index (χ1v) is 6.10. The van der Waals surface area contributed by atoms with Gasteiger partial charge in [-0.05, 0) is 12.1 Å². The maximum atomic E-state index is 12.8. The lowest BCUT2D eigenvalue weighted by atomic mass is 10.1. The molecule has 21 heavy (non-hydrogen) atoms. The molecule has 1 amide bonds. The van der Waals surface area contributed by atoms with Gasteiger partial charge in [0.15, 0.2) is 0 Å². The third-order valence-electron chi connectivity index (χ3n) is 2.76. The van der Waals surface area contributed by atoms with Crippen LogP contribution in [0.25, 0.3) is 0 Å². The molecular formula is C13H13F3N4O. The third kappa shape index (κ3) is 3.74. The predicted octanol–water partition coefficient (Wildman–Crippen LogP) is 1.91. The fourth-order valence-corrected chi connectivity index (χ4v) is 1.81. The summed E-state index contributed by atoms with van der Waals surface area (Å²) < 4.78 is 39.9. The second-order valence-electron chi connectivity index (χ2n) is 4.34. The Morgan fingerprint density at radius 3 is 2.67 bits per heavy atom. The molecule has 0 aliphatic carbocycles. The van der Waals surface area contributed by atoms with E-state index in [-0.39, 0.29) is 6.54 Å². The average molecular weight is 298 g/mol. The first-order valence-electron chi connectivity index (χ1n) is 6.10. The van der Waals surface area contributed by atoms with E-state index in [9.17, 15) is 18.0 Å². The van der Waals surface area contributed by atoms with Crippen LogP contribution in [0, 0.1) is 0 Å². The average Bonchev–Trinajstić information content (AvgIpc) is 2.83. The molecule has 3 N–H and O–H groups in total. The van der Waals surface area contributed by atoms with Gasteiger partial charge >= 0.3 is 6.18 Å².